The Kier molecular flexibility index (Phi) is 24.3. The Labute approximate surface area is 442 Å². The van der Waals surface area contributed by atoms with Crippen molar-refractivity contribution in [2.45, 2.75) is 203 Å². The number of phenols is 1. The molecule has 0 spiro atoms. The average Bonchev–Trinajstić information content (AvgIpc) is 3.90. The number of aliphatic hydroxyl groups is 8. The fraction of sp³-hybridized carbons (Fsp3) is 0.725. The van der Waals surface area contributed by atoms with E-state index in [2.05, 4.69) is 47.4 Å². The predicted molar refractivity (Wildman–Crippen MR) is 270 cm³/mol. The third-order valence-corrected chi connectivity index (χ3v) is 14.7. The largest absolute Gasteiger partial charge is 0.508 e. The van der Waals surface area contributed by atoms with Crippen molar-refractivity contribution < 1.29 is 84.3 Å². The lowest BCUT2D eigenvalue weighted by Gasteiger charge is -2.34. The van der Waals surface area contributed by atoms with Crippen molar-refractivity contribution in [3.05, 3.63) is 29.8 Å². The van der Waals surface area contributed by atoms with Gasteiger partial charge < -0.3 is 88.1 Å². The molecule has 428 valence electrons. The van der Waals surface area contributed by atoms with E-state index in [9.17, 15) is 84.3 Å². The van der Waals surface area contributed by atoms with Crippen molar-refractivity contribution in [3.8, 4) is 5.75 Å². The van der Waals surface area contributed by atoms with Crippen LogP contribution in [0.4, 0.5) is 0 Å². The van der Waals surface area contributed by atoms with E-state index >= 15 is 0 Å². The zero-order valence-electron chi connectivity index (χ0n) is 44.0. The highest BCUT2D eigenvalue weighted by Crippen LogP contribution is 2.28. The Morgan fingerprint density at radius 3 is 1.93 bits per heavy atom. The van der Waals surface area contributed by atoms with Crippen molar-refractivity contribution >= 4 is 47.3 Å². The summed E-state index contributed by atoms with van der Waals surface area (Å²) in [6.07, 6.45) is -9.95. The molecule has 0 bridgehead atoms. The molecule has 3 aliphatic heterocycles. The van der Waals surface area contributed by atoms with Crippen molar-refractivity contribution in [3.63, 3.8) is 0 Å². The number of fused-ring (bicyclic) bond motifs is 2. The summed E-state index contributed by atoms with van der Waals surface area (Å²) in [7, 11) is 0. The van der Waals surface area contributed by atoms with E-state index in [-0.39, 0.29) is 17.7 Å². The van der Waals surface area contributed by atoms with Gasteiger partial charge in [0.05, 0.1) is 30.8 Å². The second-order valence-corrected chi connectivity index (χ2v) is 21.2. The van der Waals surface area contributed by atoms with Gasteiger partial charge in [-0.25, -0.2) is 0 Å². The predicted octanol–water partition coefficient (Wildman–Crippen LogP) is -3.10. The third kappa shape index (κ3) is 17.5. The minimum atomic E-state index is -2.37. The molecular weight excluding hydrogens is 997 g/mol. The zero-order chi connectivity index (χ0) is 56.7. The smallest absolute Gasteiger partial charge is 0.248 e. The van der Waals surface area contributed by atoms with Gasteiger partial charge in [-0.1, -0.05) is 84.8 Å². The van der Waals surface area contributed by atoms with Crippen LogP contribution in [0, 0.1) is 17.8 Å². The fourth-order valence-electron chi connectivity index (χ4n) is 10.0. The number of rotatable bonds is 20. The summed E-state index contributed by atoms with van der Waals surface area (Å²) in [4.78, 5) is 113. The monoisotopic (exact) mass is 1080 g/mol. The van der Waals surface area contributed by atoms with Gasteiger partial charge in [-0.15, -0.1) is 0 Å². The van der Waals surface area contributed by atoms with E-state index in [0.29, 0.717) is 29.6 Å². The van der Waals surface area contributed by atoms with Crippen LogP contribution in [0.1, 0.15) is 130 Å². The first-order chi connectivity index (χ1) is 35.7. The first-order valence-electron chi connectivity index (χ1n) is 26.4. The minimum absolute atomic E-state index is 0.0813. The van der Waals surface area contributed by atoms with Crippen LogP contribution in [-0.4, -0.2) is 195 Å². The lowest BCUT2D eigenvalue weighted by Crippen LogP contribution is -2.64. The van der Waals surface area contributed by atoms with Crippen LogP contribution in [0.2, 0.25) is 0 Å². The highest BCUT2D eigenvalue weighted by atomic mass is 16.3. The number of hydrogen-bond acceptors (Lipinski definition) is 17. The maximum Gasteiger partial charge on any atom is 0.248 e. The van der Waals surface area contributed by atoms with E-state index in [4.69, 9.17) is 5.73 Å². The lowest BCUT2D eigenvalue weighted by molar-refractivity contribution is -0.149. The first-order valence-corrected chi connectivity index (χ1v) is 26.4. The number of nitrogens with zero attached hydrogens (tertiary/aromatic N) is 2. The van der Waals surface area contributed by atoms with Gasteiger partial charge in [-0.05, 0) is 49.3 Å². The third-order valence-electron chi connectivity index (χ3n) is 14.7. The number of unbranched alkanes of at least 4 members (excludes halogenated alkanes) is 5. The molecule has 1 aromatic rings. The highest BCUT2D eigenvalue weighted by Gasteiger charge is 2.50. The molecule has 4 rings (SSSR count). The van der Waals surface area contributed by atoms with Gasteiger partial charge in [-0.3, -0.25) is 38.4 Å². The number of amides is 8. The van der Waals surface area contributed by atoms with Crippen molar-refractivity contribution in [2.75, 3.05) is 13.1 Å². The maximum absolute atomic E-state index is 14.5. The number of nitrogens with two attached hydrogens (primary N) is 1. The summed E-state index contributed by atoms with van der Waals surface area (Å²) in [5.41, 5.74) is 5.23. The van der Waals surface area contributed by atoms with Gasteiger partial charge in [0, 0.05) is 38.3 Å². The van der Waals surface area contributed by atoms with E-state index in [0.717, 1.165) is 74.6 Å². The van der Waals surface area contributed by atoms with Crippen LogP contribution in [0.15, 0.2) is 24.3 Å². The van der Waals surface area contributed by atoms with Crippen LogP contribution in [-0.2, 0) is 38.4 Å². The van der Waals surface area contributed by atoms with Crippen LogP contribution in [0.3, 0.4) is 0 Å². The van der Waals surface area contributed by atoms with Crippen LogP contribution >= 0.6 is 0 Å². The van der Waals surface area contributed by atoms with Gasteiger partial charge in [0.15, 0.2) is 6.23 Å². The molecule has 3 aliphatic rings. The molecule has 8 amide bonds. The summed E-state index contributed by atoms with van der Waals surface area (Å²) in [5, 5.41) is 111. The number of carbonyl (C=O) groups is 8. The van der Waals surface area contributed by atoms with Crippen LogP contribution < -0.4 is 32.3 Å². The van der Waals surface area contributed by atoms with Crippen molar-refractivity contribution in [1.29, 1.82) is 0 Å². The standard InChI is InChI=1S/C51H82N8O17/c1-6-25(2)19-26(3)13-11-9-7-8-10-12-14-37(66)53-32-21-35(64)47(72)57-49(74)41-42(67)27(4)23-59(41)51(76)39(34(63)22-36(52)65)55-48(73)40(44(69)43(68)29-15-17-30(61)18-16-29)56-46(71)33-20-31(62)24-58(33)50(75)38(28(5)60)54-45(32)70/h15-18,25-28,31-35,38-44,47,60-64,67-69,72H,6-14,19-24H2,1-5H3,(H2,52,65)(H,53,66)(H,54,70)(H,55,73)(H,56,71)(H,57,74)/t25?,26?,27-,28+,31+,32-,33-,34+,35+,38-,39-,40-,41-,42-,43-,44-,47+/m1/s1. The Morgan fingerprint density at radius 2 is 1.32 bits per heavy atom. The van der Waals surface area contributed by atoms with E-state index in [1.165, 1.54) is 13.3 Å². The second-order valence-electron chi connectivity index (χ2n) is 21.2. The molecule has 0 aliphatic carbocycles. The van der Waals surface area contributed by atoms with Gasteiger partial charge in [0.25, 0.3) is 0 Å². The number of primary amides is 1. The molecule has 3 saturated heterocycles. The molecule has 16 N–H and O–H groups in total. The number of nitrogens with one attached hydrogen (secondary N) is 5. The normalized spacial score (nSPS) is 29.8. The number of hydrogen-bond donors (Lipinski definition) is 15. The summed E-state index contributed by atoms with van der Waals surface area (Å²) in [6, 6.07) is -7.42. The Hall–Kier alpha value is -5.54. The number of carbonyl (C=O) groups excluding carboxylic acids is 8. The minimum Gasteiger partial charge on any atom is -0.508 e. The molecular formula is C51H82N8O17. The Morgan fingerprint density at radius 1 is 0.724 bits per heavy atom. The Balaban J connectivity index is 1.71. The number of aromatic hydroxyl groups is 1. The molecule has 3 fully saturated rings. The Bertz CT molecular complexity index is 2140. The first kappa shape index (κ1) is 63.0. The maximum atomic E-state index is 14.5. The van der Waals surface area contributed by atoms with Gasteiger partial charge in [-0.2, -0.15) is 0 Å². The summed E-state index contributed by atoms with van der Waals surface area (Å²) >= 11 is 0. The van der Waals surface area contributed by atoms with Gasteiger partial charge in [0.1, 0.15) is 60.3 Å². The molecule has 0 saturated carbocycles. The zero-order valence-corrected chi connectivity index (χ0v) is 44.0. The van der Waals surface area contributed by atoms with Crippen LogP contribution in [0.25, 0.3) is 0 Å². The molecule has 25 nitrogen and oxygen atoms in total. The summed E-state index contributed by atoms with van der Waals surface area (Å²) < 4.78 is 0. The topological polar surface area (TPSA) is 411 Å². The average molecular weight is 1080 g/mol. The van der Waals surface area contributed by atoms with Gasteiger partial charge >= 0.3 is 0 Å². The number of aliphatic hydroxyl groups excluding tert-OH is 8. The highest BCUT2D eigenvalue weighted by molar-refractivity contribution is 5.98. The molecule has 1 aromatic carbocycles. The second kappa shape index (κ2) is 29.3. The molecule has 25 heteroatoms. The molecule has 76 heavy (non-hydrogen) atoms. The summed E-state index contributed by atoms with van der Waals surface area (Å²) in [5.74, 6) is -9.52. The SMILES string of the molecule is CCC(C)CC(C)CCCCCCCCC(=O)N[C@@H]1C[C@H](O)[C@H](O)NC(=O)[C@H]2[C@H](O)[C@H](C)CN2C(=O)[C@@H]([C@@H](O)CC(N)=O)NC(=O)[C@@H]([C@@H](O)[C@H](O)c2ccc(O)cc2)NC(=O)[C@H]2C[C@H](O)CN2C(=O)[C@@H]([C@H](C)O)NC1=O. The molecule has 0 radical (unpaired) electrons. The lowest BCUT2D eigenvalue weighted by atomic mass is 9.91. The molecule has 2 unspecified atom stereocenters. The molecule has 3 heterocycles. The van der Waals surface area contributed by atoms with E-state index < -0.39 is 171 Å². The fourth-order valence-corrected chi connectivity index (χ4v) is 10.0. The van der Waals surface area contributed by atoms with E-state index in [1.807, 2.05) is 0 Å². The van der Waals surface area contributed by atoms with Crippen molar-refractivity contribution in [2.24, 2.45) is 23.5 Å². The van der Waals surface area contributed by atoms with Crippen molar-refractivity contribution in [1.82, 2.24) is 36.4 Å². The van der Waals surface area contributed by atoms with E-state index in [1.54, 1.807) is 0 Å². The number of benzene rings is 1. The summed E-state index contributed by atoms with van der Waals surface area (Å²) in [6.45, 7) is 8.17. The number of phenolic OH excluding ortho intramolecular Hbond substituents is 1. The molecule has 0 aromatic heterocycles. The quantitative estimate of drug-likeness (QED) is 0.0575. The van der Waals surface area contributed by atoms with Gasteiger partial charge in [0.2, 0.25) is 47.3 Å². The molecule has 17 atom stereocenters. The van der Waals surface area contributed by atoms with Crippen LogP contribution in [0.5, 0.6) is 5.75 Å².